The van der Waals surface area contributed by atoms with Crippen molar-refractivity contribution in [2.24, 2.45) is 5.92 Å². The van der Waals surface area contributed by atoms with Crippen molar-refractivity contribution in [3.05, 3.63) is 0 Å². The van der Waals surface area contributed by atoms with Gasteiger partial charge in [0.05, 0.1) is 0 Å². The maximum absolute atomic E-state index is 12.2. The highest BCUT2D eigenvalue weighted by Gasteiger charge is 2.31. The van der Waals surface area contributed by atoms with Crippen molar-refractivity contribution in [3.63, 3.8) is 0 Å². The molecule has 114 valence electrons. The second kappa shape index (κ2) is 7.74. The molecule has 2 nitrogen and oxygen atoms in total. The molecular weight excluding hydrogens is 273 g/mol. The summed E-state index contributed by atoms with van der Waals surface area (Å²) in [6.45, 7) is 8.73. The van der Waals surface area contributed by atoms with Gasteiger partial charge in [-0.1, -0.05) is 20.8 Å². The smallest absolute Gasteiger partial charge is 0.311 e. The number of piperazine rings is 1. The van der Waals surface area contributed by atoms with E-state index in [4.69, 9.17) is 0 Å². The van der Waals surface area contributed by atoms with E-state index in [1.807, 2.05) is 0 Å². The minimum absolute atomic E-state index is 0.0949. The highest BCUT2D eigenvalue weighted by Crippen LogP contribution is 2.30. The van der Waals surface area contributed by atoms with Gasteiger partial charge in [0.1, 0.15) is 0 Å². The Morgan fingerprint density at radius 2 is 2.05 bits per heavy atom. The van der Waals surface area contributed by atoms with E-state index in [1.54, 1.807) is 0 Å². The molecule has 0 aromatic carbocycles. The normalized spacial score (nSPS) is 26.1. The second-order valence-electron chi connectivity index (χ2n) is 5.59. The SMILES string of the molecule is CCC1CN(CCSC(F)(F)F)C(CC(C)C)CN1. The van der Waals surface area contributed by atoms with E-state index < -0.39 is 5.51 Å². The lowest BCUT2D eigenvalue weighted by molar-refractivity contribution is -0.0329. The summed E-state index contributed by atoms with van der Waals surface area (Å²) in [5.41, 5.74) is -4.11. The van der Waals surface area contributed by atoms with Gasteiger partial charge in [0.2, 0.25) is 0 Å². The number of hydrogen-bond donors (Lipinski definition) is 1. The molecule has 0 bridgehead atoms. The quantitative estimate of drug-likeness (QED) is 0.809. The van der Waals surface area contributed by atoms with Gasteiger partial charge in [-0.15, -0.1) is 0 Å². The van der Waals surface area contributed by atoms with Gasteiger partial charge in [0.25, 0.3) is 0 Å². The fraction of sp³-hybridized carbons (Fsp3) is 1.00. The highest BCUT2D eigenvalue weighted by molar-refractivity contribution is 8.00. The van der Waals surface area contributed by atoms with Gasteiger partial charge in [-0.3, -0.25) is 4.90 Å². The van der Waals surface area contributed by atoms with Crippen LogP contribution in [-0.2, 0) is 0 Å². The lowest BCUT2D eigenvalue weighted by Gasteiger charge is -2.41. The molecule has 0 spiro atoms. The number of alkyl halides is 3. The molecule has 0 radical (unpaired) electrons. The Morgan fingerprint density at radius 3 is 2.58 bits per heavy atom. The summed E-state index contributed by atoms with van der Waals surface area (Å²) >= 11 is 0.0949. The predicted molar refractivity (Wildman–Crippen MR) is 75.4 cm³/mol. The van der Waals surface area contributed by atoms with Crippen molar-refractivity contribution in [2.75, 3.05) is 25.4 Å². The molecule has 0 aliphatic carbocycles. The topological polar surface area (TPSA) is 15.3 Å². The van der Waals surface area contributed by atoms with Gasteiger partial charge in [0.15, 0.2) is 0 Å². The highest BCUT2D eigenvalue weighted by atomic mass is 32.2. The van der Waals surface area contributed by atoms with Crippen LogP contribution in [0.4, 0.5) is 13.2 Å². The lowest BCUT2D eigenvalue weighted by atomic mass is 9.98. The molecule has 1 aliphatic heterocycles. The van der Waals surface area contributed by atoms with Crippen molar-refractivity contribution in [1.29, 1.82) is 0 Å². The summed E-state index contributed by atoms with van der Waals surface area (Å²) in [6, 6.07) is 0.788. The number of halogens is 3. The van der Waals surface area contributed by atoms with Crippen LogP contribution in [0.5, 0.6) is 0 Å². The Morgan fingerprint density at radius 1 is 1.37 bits per heavy atom. The average molecular weight is 298 g/mol. The second-order valence-corrected chi connectivity index (χ2v) is 6.75. The van der Waals surface area contributed by atoms with Gasteiger partial charge in [0, 0.05) is 37.5 Å². The van der Waals surface area contributed by atoms with E-state index >= 15 is 0 Å². The van der Waals surface area contributed by atoms with Gasteiger partial charge in [-0.25, -0.2) is 0 Å². The van der Waals surface area contributed by atoms with Crippen LogP contribution in [0, 0.1) is 5.92 Å². The van der Waals surface area contributed by atoms with Crippen LogP contribution >= 0.6 is 11.8 Å². The fourth-order valence-corrected chi connectivity index (χ4v) is 3.09. The Labute approximate surface area is 118 Å². The molecule has 6 heteroatoms. The van der Waals surface area contributed by atoms with Crippen molar-refractivity contribution in [1.82, 2.24) is 10.2 Å². The molecule has 1 aliphatic rings. The van der Waals surface area contributed by atoms with Crippen molar-refractivity contribution >= 4 is 11.8 Å². The van der Waals surface area contributed by atoms with Gasteiger partial charge in [-0.2, -0.15) is 13.2 Å². The Bertz CT molecular complexity index is 259. The van der Waals surface area contributed by atoms with Gasteiger partial charge < -0.3 is 5.32 Å². The average Bonchev–Trinajstić information content (AvgIpc) is 2.29. The largest absolute Gasteiger partial charge is 0.441 e. The minimum Gasteiger partial charge on any atom is -0.311 e. The van der Waals surface area contributed by atoms with E-state index in [1.165, 1.54) is 0 Å². The third kappa shape index (κ3) is 6.86. The van der Waals surface area contributed by atoms with E-state index in [2.05, 4.69) is 31.0 Å². The Kier molecular flexibility index (Phi) is 6.97. The molecule has 2 unspecified atom stereocenters. The minimum atomic E-state index is -4.11. The summed E-state index contributed by atoms with van der Waals surface area (Å²) < 4.78 is 36.6. The summed E-state index contributed by atoms with van der Waals surface area (Å²) in [6.07, 6.45) is 2.07. The maximum atomic E-state index is 12.2. The molecule has 0 amide bonds. The first-order valence-corrected chi connectivity index (χ1v) is 7.98. The van der Waals surface area contributed by atoms with Gasteiger partial charge >= 0.3 is 5.51 Å². The Balaban J connectivity index is 2.46. The maximum Gasteiger partial charge on any atom is 0.441 e. The van der Waals surface area contributed by atoms with E-state index in [0.29, 0.717) is 24.5 Å². The van der Waals surface area contributed by atoms with Crippen LogP contribution in [0.1, 0.15) is 33.6 Å². The third-order valence-corrected chi connectivity index (χ3v) is 4.21. The predicted octanol–water partition coefficient (Wildman–Crippen LogP) is 3.34. The molecule has 0 saturated carbocycles. The van der Waals surface area contributed by atoms with Crippen LogP contribution in [0.2, 0.25) is 0 Å². The number of nitrogens with zero attached hydrogens (tertiary/aromatic N) is 1. The molecule has 1 rings (SSSR count). The first-order valence-electron chi connectivity index (χ1n) is 7.00. The summed E-state index contributed by atoms with van der Waals surface area (Å²) in [5.74, 6) is 0.705. The number of nitrogens with one attached hydrogen (secondary N) is 1. The molecule has 1 heterocycles. The van der Waals surface area contributed by atoms with Crippen LogP contribution in [0.25, 0.3) is 0 Å². The van der Waals surface area contributed by atoms with Crippen LogP contribution < -0.4 is 5.32 Å². The summed E-state index contributed by atoms with van der Waals surface area (Å²) in [5, 5.41) is 3.49. The van der Waals surface area contributed by atoms with E-state index in [-0.39, 0.29) is 17.5 Å². The first-order chi connectivity index (χ1) is 8.81. The van der Waals surface area contributed by atoms with Crippen LogP contribution in [0.3, 0.4) is 0 Å². The molecule has 1 fully saturated rings. The van der Waals surface area contributed by atoms with Gasteiger partial charge in [-0.05, 0) is 30.5 Å². The molecule has 2 atom stereocenters. The number of thioether (sulfide) groups is 1. The molecule has 19 heavy (non-hydrogen) atoms. The zero-order chi connectivity index (χ0) is 14.5. The van der Waals surface area contributed by atoms with Crippen LogP contribution in [-0.4, -0.2) is 47.9 Å². The van der Waals surface area contributed by atoms with Crippen molar-refractivity contribution < 1.29 is 13.2 Å². The molecule has 0 aromatic heterocycles. The third-order valence-electron chi connectivity index (χ3n) is 3.49. The monoisotopic (exact) mass is 298 g/mol. The summed E-state index contributed by atoms with van der Waals surface area (Å²) in [4.78, 5) is 2.24. The zero-order valence-electron chi connectivity index (χ0n) is 12.0. The number of hydrogen-bond acceptors (Lipinski definition) is 3. The first kappa shape index (κ1) is 17.1. The molecule has 1 N–H and O–H groups in total. The number of rotatable bonds is 6. The molecular formula is C13H25F3N2S. The van der Waals surface area contributed by atoms with E-state index in [0.717, 1.165) is 25.9 Å². The summed E-state index contributed by atoms with van der Waals surface area (Å²) in [7, 11) is 0. The van der Waals surface area contributed by atoms with Crippen molar-refractivity contribution in [3.8, 4) is 0 Å². The fourth-order valence-electron chi connectivity index (χ4n) is 2.53. The standard InChI is InChI=1S/C13H25F3N2S/c1-4-11-9-18(5-6-19-13(14,15)16)12(8-17-11)7-10(2)3/h10-12,17H,4-9H2,1-3H3. The van der Waals surface area contributed by atoms with Crippen molar-refractivity contribution in [2.45, 2.75) is 51.2 Å². The lowest BCUT2D eigenvalue weighted by Crippen LogP contribution is -2.57. The van der Waals surface area contributed by atoms with E-state index in [9.17, 15) is 13.2 Å². The molecule has 0 aromatic rings. The molecule has 1 saturated heterocycles. The van der Waals surface area contributed by atoms with Crippen LogP contribution in [0.15, 0.2) is 0 Å². The zero-order valence-corrected chi connectivity index (χ0v) is 12.8. The Hall–Kier alpha value is 0.0600.